The summed E-state index contributed by atoms with van der Waals surface area (Å²) in [5.74, 6) is -0.666. The molecule has 230 valence electrons. The van der Waals surface area contributed by atoms with Gasteiger partial charge in [0, 0.05) is 25.6 Å². The highest BCUT2D eigenvalue weighted by atomic mass is 16.6. The van der Waals surface area contributed by atoms with E-state index in [9.17, 15) is 9.90 Å². The van der Waals surface area contributed by atoms with Crippen LogP contribution in [0, 0.1) is 22.7 Å². The molecular weight excluding hydrogens is 534 g/mol. The SMILES string of the molecule is CO[C@@H]1C[C@H]2CC[C@]1(CN(Cc1ccccc1)[C@H](c1ccccc1)[C@H](C(=O)OC(C)(C)C)[C@@H](O)c1ccccc1)C2(C)C. The highest BCUT2D eigenvalue weighted by Gasteiger charge is 2.65. The van der Waals surface area contributed by atoms with Gasteiger partial charge in [-0.3, -0.25) is 9.69 Å². The average molecular weight is 584 g/mol. The third-order valence-corrected chi connectivity index (χ3v) is 10.4. The van der Waals surface area contributed by atoms with Crippen molar-refractivity contribution in [3.8, 4) is 0 Å². The Balaban J connectivity index is 1.68. The predicted octanol–water partition coefficient (Wildman–Crippen LogP) is 7.76. The van der Waals surface area contributed by atoms with Gasteiger partial charge in [-0.05, 0) is 68.1 Å². The van der Waals surface area contributed by atoms with Gasteiger partial charge in [-0.1, -0.05) is 105 Å². The maximum absolute atomic E-state index is 14.4. The van der Waals surface area contributed by atoms with E-state index in [1.807, 2.05) is 82.5 Å². The largest absolute Gasteiger partial charge is 0.460 e. The number of methoxy groups -OCH3 is 1. The highest BCUT2D eigenvalue weighted by Crippen LogP contribution is 2.67. The van der Waals surface area contributed by atoms with Crippen LogP contribution in [-0.2, 0) is 20.8 Å². The molecule has 3 aromatic carbocycles. The van der Waals surface area contributed by atoms with Crippen LogP contribution in [0.4, 0.5) is 0 Å². The molecule has 2 fully saturated rings. The van der Waals surface area contributed by atoms with Crippen molar-refractivity contribution in [2.75, 3.05) is 13.7 Å². The zero-order valence-corrected chi connectivity index (χ0v) is 26.7. The maximum Gasteiger partial charge on any atom is 0.314 e. The van der Waals surface area contributed by atoms with Gasteiger partial charge in [0.05, 0.1) is 18.2 Å². The molecule has 0 amide bonds. The number of fused-ring (bicyclic) bond motifs is 2. The van der Waals surface area contributed by atoms with Crippen LogP contribution in [0.25, 0.3) is 0 Å². The molecule has 2 aliphatic carbocycles. The van der Waals surface area contributed by atoms with E-state index in [0.29, 0.717) is 18.0 Å². The summed E-state index contributed by atoms with van der Waals surface area (Å²) in [6.45, 7) is 11.8. The van der Waals surface area contributed by atoms with E-state index in [0.717, 1.165) is 30.5 Å². The predicted molar refractivity (Wildman–Crippen MR) is 171 cm³/mol. The van der Waals surface area contributed by atoms with Gasteiger partial charge in [-0.2, -0.15) is 0 Å². The molecule has 0 heterocycles. The number of nitrogens with zero attached hydrogens (tertiary/aromatic N) is 1. The molecule has 0 radical (unpaired) electrons. The van der Waals surface area contributed by atoms with E-state index in [-0.39, 0.29) is 16.9 Å². The minimum atomic E-state index is -1.07. The molecule has 5 heteroatoms. The number of hydrogen-bond acceptors (Lipinski definition) is 5. The Morgan fingerprint density at radius 2 is 1.49 bits per heavy atom. The number of ether oxygens (including phenoxy) is 2. The molecule has 2 aliphatic rings. The Hall–Kier alpha value is -2.99. The van der Waals surface area contributed by atoms with Crippen LogP contribution < -0.4 is 0 Å². The summed E-state index contributed by atoms with van der Waals surface area (Å²) in [7, 11) is 1.85. The van der Waals surface area contributed by atoms with Gasteiger partial charge in [0.1, 0.15) is 11.5 Å². The molecule has 1 N–H and O–H groups in total. The number of hydrogen-bond donors (Lipinski definition) is 1. The number of aliphatic hydroxyl groups is 1. The van der Waals surface area contributed by atoms with Crippen molar-refractivity contribution in [3.63, 3.8) is 0 Å². The molecule has 0 spiro atoms. The average Bonchev–Trinajstić information content (AvgIpc) is 3.35. The molecule has 43 heavy (non-hydrogen) atoms. The standard InChI is InChI=1S/C38H49NO4/c1-36(2,3)43-35(41)32(34(40)29-20-14-9-15-21-29)33(28-18-12-8-13-19-28)39(25-27-16-10-7-11-17-27)26-38-23-22-30(37(38,4)5)24-31(38)42-6/h7-21,30-34,40H,22-26H2,1-6H3/t30-,31-,32+,33-,34+,38-/m1/s1. The third kappa shape index (κ3) is 6.31. The van der Waals surface area contributed by atoms with E-state index < -0.39 is 29.6 Å². The zero-order chi connectivity index (χ0) is 30.8. The Morgan fingerprint density at radius 1 is 0.930 bits per heavy atom. The lowest BCUT2D eigenvalue weighted by Gasteiger charge is -2.48. The van der Waals surface area contributed by atoms with Gasteiger partial charge in [0.15, 0.2) is 0 Å². The number of aliphatic hydroxyl groups excluding tert-OH is 1. The van der Waals surface area contributed by atoms with Crippen molar-refractivity contribution in [1.82, 2.24) is 4.90 Å². The summed E-state index contributed by atoms with van der Waals surface area (Å²) in [5, 5.41) is 12.1. The Kier molecular flexibility index (Phi) is 9.18. The number of esters is 1. The van der Waals surface area contributed by atoms with Gasteiger partial charge in [0.25, 0.3) is 0 Å². The lowest BCUT2D eigenvalue weighted by atomic mass is 9.67. The highest BCUT2D eigenvalue weighted by molar-refractivity contribution is 5.75. The second kappa shape index (κ2) is 12.6. The lowest BCUT2D eigenvalue weighted by molar-refractivity contribution is -0.170. The van der Waals surface area contributed by atoms with Crippen LogP contribution in [-0.4, -0.2) is 41.3 Å². The molecule has 0 aromatic heterocycles. The first-order chi connectivity index (χ1) is 20.5. The molecule has 2 bridgehead atoms. The summed E-state index contributed by atoms with van der Waals surface area (Å²) in [5.41, 5.74) is 2.13. The Bertz CT molecular complexity index is 1340. The van der Waals surface area contributed by atoms with E-state index in [2.05, 4.69) is 55.1 Å². The molecule has 3 aromatic rings. The van der Waals surface area contributed by atoms with Crippen molar-refractivity contribution in [2.45, 2.75) is 84.3 Å². The molecule has 0 aliphatic heterocycles. The van der Waals surface area contributed by atoms with Crippen LogP contribution in [0.15, 0.2) is 91.0 Å². The molecule has 6 atom stereocenters. The summed E-state index contributed by atoms with van der Waals surface area (Å²) in [4.78, 5) is 16.8. The first-order valence-electron chi connectivity index (χ1n) is 15.8. The quantitative estimate of drug-likeness (QED) is 0.234. The first-order valence-corrected chi connectivity index (χ1v) is 15.8. The van der Waals surface area contributed by atoms with Gasteiger partial charge in [-0.25, -0.2) is 0 Å². The van der Waals surface area contributed by atoms with Crippen LogP contribution in [0.3, 0.4) is 0 Å². The zero-order valence-electron chi connectivity index (χ0n) is 26.7. The normalized spacial score (nSPS) is 24.9. The molecule has 5 nitrogen and oxygen atoms in total. The van der Waals surface area contributed by atoms with Gasteiger partial charge in [-0.15, -0.1) is 0 Å². The smallest absolute Gasteiger partial charge is 0.314 e. The molecule has 5 rings (SSSR count). The second-order valence-electron chi connectivity index (χ2n) is 14.2. The molecule has 0 saturated heterocycles. The van der Waals surface area contributed by atoms with E-state index in [1.165, 1.54) is 6.42 Å². The Labute approximate surface area is 258 Å². The fourth-order valence-corrected chi connectivity index (χ4v) is 8.09. The second-order valence-corrected chi connectivity index (χ2v) is 14.2. The van der Waals surface area contributed by atoms with Crippen LogP contribution >= 0.6 is 0 Å². The number of rotatable bonds is 11. The summed E-state index contributed by atoms with van der Waals surface area (Å²) in [6.07, 6.45) is 2.39. The van der Waals surface area contributed by atoms with Crippen molar-refractivity contribution >= 4 is 5.97 Å². The van der Waals surface area contributed by atoms with Crippen LogP contribution in [0.2, 0.25) is 0 Å². The summed E-state index contributed by atoms with van der Waals surface area (Å²) >= 11 is 0. The Morgan fingerprint density at radius 3 is 2.02 bits per heavy atom. The van der Waals surface area contributed by atoms with E-state index in [4.69, 9.17) is 9.47 Å². The van der Waals surface area contributed by atoms with Crippen molar-refractivity contribution in [2.24, 2.45) is 22.7 Å². The maximum atomic E-state index is 14.4. The van der Waals surface area contributed by atoms with Crippen molar-refractivity contribution in [1.29, 1.82) is 0 Å². The molecule has 2 saturated carbocycles. The molecule has 0 unspecified atom stereocenters. The fraction of sp³-hybridized carbons (Fsp3) is 0.500. The van der Waals surface area contributed by atoms with Crippen LogP contribution in [0.1, 0.15) is 82.7 Å². The monoisotopic (exact) mass is 583 g/mol. The number of carbonyl (C=O) groups is 1. The lowest BCUT2D eigenvalue weighted by Crippen LogP contribution is -2.51. The summed E-state index contributed by atoms with van der Waals surface area (Å²) < 4.78 is 12.4. The van der Waals surface area contributed by atoms with Gasteiger partial charge in [0.2, 0.25) is 0 Å². The number of carbonyl (C=O) groups excluding carboxylic acids is 1. The van der Waals surface area contributed by atoms with Gasteiger partial charge < -0.3 is 14.6 Å². The van der Waals surface area contributed by atoms with E-state index >= 15 is 0 Å². The van der Waals surface area contributed by atoms with Gasteiger partial charge >= 0.3 is 5.97 Å². The molecular formula is C38H49NO4. The minimum Gasteiger partial charge on any atom is -0.460 e. The van der Waals surface area contributed by atoms with Crippen LogP contribution in [0.5, 0.6) is 0 Å². The minimum absolute atomic E-state index is 0.0727. The summed E-state index contributed by atoms with van der Waals surface area (Å²) in [6, 6.07) is 29.8. The third-order valence-electron chi connectivity index (χ3n) is 10.4. The number of benzene rings is 3. The van der Waals surface area contributed by atoms with E-state index in [1.54, 1.807) is 0 Å². The topological polar surface area (TPSA) is 59.0 Å². The van der Waals surface area contributed by atoms with Crippen molar-refractivity contribution < 1.29 is 19.4 Å². The first kappa shape index (κ1) is 31.4. The van der Waals surface area contributed by atoms with Crippen molar-refractivity contribution in [3.05, 3.63) is 108 Å². The fourth-order valence-electron chi connectivity index (χ4n) is 8.09.